The molecule has 0 bridgehead atoms. The third kappa shape index (κ3) is 4.00. The third-order valence-electron chi connectivity index (χ3n) is 2.72. The summed E-state index contributed by atoms with van der Waals surface area (Å²) in [6.07, 6.45) is 0. The van der Waals surface area contributed by atoms with Gasteiger partial charge in [-0.25, -0.2) is 4.98 Å². The number of rotatable bonds is 4. The molecular formula is C14H12Cl3N3O. The summed E-state index contributed by atoms with van der Waals surface area (Å²) in [5, 5.41) is 5.03. The van der Waals surface area contributed by atoms with E-state index >= 15 is 0 Å². The number of hydrogen-bond donors (Lipinski definition) is 1. The molecule has 2 aromatic rings. The van der Waals surface area contributed by atoms with Gasteiger partial charge in [-0.3, -0.25) is 5.43 Å². The Balaban J connectivity index is 2.18. The van der Waals surface area contributed by atoms with Gasteiger partial charge in [0.2, 0.25) is 0 Å². The van der Waals surface area contributed by atoms with E-state index in [1.165, 1.54) is 6.07 Å². The van der Waals surface area contributed by atoms with Gasteiger partial charge in [-0.05, 0) is 42.8 Å². The highest BCUT2D eigenvalue weighted by molar-refractivity contribution is 6.42. The summed E-state index contributed by atoms with van der Waals surface area (Å²) in [6.45, 7) is 1.86. The molecule has 0 fully saturated rings. The lowest BCUT2D eigenvalue weighted by Gasteiger charge is -2.06. The molecule has 1 aromatic heterocycles. The van der Waals surface area contributed by atoms with Crippen LogP contribution < -0.4 is 10.2 Å². The van der Waals surface area contributed by atoms with Gasteiger partial charge in [0.1, 0.15) is 10.9 Å². The second-order valence-corrected chi connectivity index (χ2v) is 5.30. The first-order valence-electron chi connectivity index (χ1n) is 5.97. The highest BCUT2D eigenvalue weighted by atomic mass is 35.5. The van der Waals surface area contributed by atoms with Crippen molar-refractivity contribution in [2.45, 2.75) is 6.92 Å². The second-order valence-electron chi connectivity index (χ2n) is 4.13. The number of aromatic nitrogens is 1. The summed E-state index contributed by atoms with van der Waals surface area (Å²) in [6, 6.07) is 9.04. The maximum absolute atomic E-state index is 6.02. The number of pyridine rings is 1. The van der Waals surface area contributed by atoms with Gasteiger partial charge in [0, 0.05) is 0 Å². The number of halogens is 3. The fourth-order valence-electron chi connectivity index (χ4n) is 1.56. The topological polar surface area (TPSA) is 46.5 Å². The maximum Gasteiger partial charge on any atom is 0.166 e. The lowest BCUT2D eigenvalue weighted by atomic mass is 10.1. The Bertz CT molecular complexity index is 672. The van der Waals surface area contributed by atoms with E-state index in [-0.39, 0.29) is 5.15 Å². The van der Waals surface area contributed by atoms with Crippen LogP contribution in [0.5, 0.6) is 5.75 Å². The Morgan fingerprint density at radius 3 is 2.43 bits per heavy atom. The van der Waals surface area contributed by atoms with Crippen LogP contribution in [0.15, 0.2) is 35.4 Å². The van der Waals surface area contributed by atoms with Crippen molar-refractivity contribution in [3.05, 3.63) is 51.1 Å². The molecule has 4 nitrogen and oxygen atoms in total. The van der Waals surface area contributed by atoms with Gasteiger partial charge in [-0.15, -0.1) is 0 Å². The summed E-state index contributed by atoms with van der Waals surface area (Å²) in [4.78, 5) is 4.03. The van der Waals surface area contributed by atoms with Gasteiger partial charge in [0.25, 0.3) is 0 Å². The first-order chi connectivity index (χ1) is 10.0. The Morgan fingerprint density at radius 2 is 1.81 bits per heavy atom. The highest BCUT2D eigenvalue weighted by Crippen LogP contribution is 2.28. The van der Waals surface area contributed by atoms with Crippen molar-refractivity contribution in [2.24, 2.45) is 5.10 Å². The Morgan fingerprint density at radius 1 is 1.14 bits per heavy atom. The van der Waals surface area contributed by atoms with E-state index in [0.717, 1.165) is 17.0 Å². The van der Waals surface area contributed by atoms with Crippen LogP contribution in [0.2, 0.25) is 15.2 Å². The molecule has 0 aliphatic rings. The molecule has 2 rings (SSSR count). The van der Waals surface area contributed by atoms with Gasteiger partial charge in [0.05, 0.1) is 22.9 Å². The molecule has 1 heterocycles. The SMILES string of the molecule is COc1ccc(/C(C)=N\Nc2nc(Cl)c(Cl)cc2Cl)cc1. The van der Waals surface area contributed by atoms with Crippen LogP contribution in [0, 0.1) is 0 Å². The fourth-order valence-corrected chi connectivity index (χ4v) is 2.10. The van der Waals surface area contributed by atoms with Gasteiger partial charge in [0.15, 0.2) is 5.82 Å². The van der Waals surface area contributed by atoms with E-state index in [4.69, 9.17) is 39.5 Å². The molecule has 0 radical (unpaired) electrons. The van der Waals surface area contributed by atoms with Crippen molar-refractivity contribution < 1.29 is 4.74 Å². The van der Waals surface area contributed by atoms with Crippen LogP contribution in [0.1, 0.15) is 12.5 Å². The molecule has 0 saturated heterocycles. The standard InChI is InChI=1S/C14H12Cl3N3O/c1-8(9-3-5-10(21-2)6-4-9)19-20-14-12(16)7-11(15)13(17)18-14/h3-7H,1-2H3,(H,18,20)/b19-8-. The van der Waals surface area contributed by atoms with E-state index in [9.17, 15) is 0 Å². The largest absolute Gasteiger partial charge is 0.497 e. The van der Waals surface area contributed by atoms with Gasteiger partial charge in [-0.2, -0.15) is 5.10 Å². The number of nitrogens with one attached hydrogen (secondary N) is 1. The predicted octanol–water partition coefficient (Wildman–Crippen LogP) is 4.89. The van der Waals surface area contributed by atoms with Crippen molar-refractivity contribution in [2.75, 3.05) is 12.5 Å². The fraction of sp³-hybridized carbons (Fsp3) is 0.143. The van der Waals surface area contributed by atoms with Crippen LogP contribution in [0.3, 0.4) is 0 Å². The van der Waals surface area contributed by atoms with Crippen LogP contribution in [-0.4, -0.2) is 17.8 Å². The molecular weight excluding hydrogens is 333 g/mol. The minimum Gasteiger partial charge on any atom is -0.497 e. The minimum absolute atomic E-state index is 0.167. The lowest BCUT2D eigenvalue weighted by molar-refractivity contribution is 0.415. The van der Waals surface area contributed by atoms with Crippen molar-refractivity contribution in [1.29, 1.82) is 0 Å². The van der Waals surface area contributed by atoms with Gasteiger partial charge in [-0.1, -0.05) is 34.8 Å². The van der Waals surface area contributed by atoms with E-state index in [1.54, 1.807) is 7.11 Å². The molecule has 0 aliphatic heterocycles. The predicted molar refractivity (Wildman–Crippen MR) is 88.1 cm³/mol. The Kier molecular flexibility index (Phi) is 5.28. The number of anilines is 1. The second kappa shape index (κ2) is 6.98. The molecule has 1 N–H and O–H groups in total. The summed E-state index contributed by atoms with van der Waals surface area (Å²) < 4.78 is 5.11. The first-order valence-corrected chi connectivity index (χ1v) is 7.11. The minimum atomic E-state index is 0.167. The smallest absolute Gasteiger partial charge is 0.166 e. The van der Waals surface area contributed by atoms with Crippen LogP contribution in [0.4, 0.5) is 5.82 Å². The van der Waals surface area contributed by atoms with Gasteiger partial charge < -0.3 is 4.74 Å². The number of methoxy groups -OCH3 is 1. The average Bonchev–Trinajstić information content (AvgIpc) is 2.49. The molecule has 0 atom stereocenters. The van der Waals surface area contributed by atoms with Crippen molar-refractivity contribution >= 4 is 46.3 Å². The highest BCUT2D eigenvalue weighted by Gasteiger charge is 2.07. The summed E-state index contributed by atoms with van der Waals surface area (Å²) in [5.74, 6) is 1.13. The van der Waals surface area contributed by atoms with Crippen LogP contribution >= 0.6 is 34.8 Å². The molecule has 0 spiro atoms. The van der Waals surface area contributed by atoms with E-state index in [2.05, 4.69) is 15.5 Å². The average molecular weight is 345 g/mol. The summed E-state index contributed by atoms with van der Waals surface area (Å²) >= 11 is 17.7. The zero-order valence-corrected chi connectivity index (χ0v) is 13.6. The van der Waals surface area contributed by atoms with E-state index < -0.39 is 0 Å². The summed E-state index contributed by atoms with van der Waals surface area (Å²) in [5.41, 5.74) is 4.49. The number of hydrogen-bond acceptors (Lipinski definition) is 4. The molecule has 1 aromatic carbocycles. The van der Waals surface area contributed by atoms with Crippen molar-refractivity contribution in [3.63, 3.8) is 0 Å². The molecule has 0 amide bonds. The van der Waals surface area contributed by atoms with Crippen molar-refractivity contribution in [1.82, 2.24) is 4.98 Å². The van der Waals surface area contributed by atoms with E-state index in [1.807, 2.05) is 31.2 Å². The zero-order valence-electron chi connectivity index (χ0n) is 11.3. The number of ether oxygens (including phenoxy) is 1. The zero-order chi connectivity index (χ0) is 15.4. The molecule has 110 valence electrons. The molecule has 7 heteroatoms. The van der Waals surface area contributed by atoms with Crippen LogP contribution in [-0.2, 0) is 0 Å². The Hall–Kier alpha value is -1.49. The normalized spacial score (nSPS) is 11.4. The molecule has 0 aliphatic carbocycles. The number of hydrazone groups is 1. The van der Waals surface area contributed by atoms with Gasteiger partial charge >= 0.3 is 0 Å². The molecule has 21 heavy (non-hydrogen) atoms. The van der Waals surface area contributed by atoms with E-state index in [0.29, 0.717) is 15.9 Å². The number of nitrogens with zero attached hydrogens (tertiary/aromatic N) is 2. The quantitative estimate of drug-likeness (QED) is 0.488. The monoisotopic (exact) mass is 343 g/mol. The van der Waals surface area contributed by atoms with Crippen molar-refractivity contribution in [3.8, 4) is 5.75 Å². The summed E-state index contributed by atoms with van der Waals surface area (Å²) in [7, 11) is 1.62. The molecule has 0 unspecified atom stereocenters. The molecule has 0 saturated carbocycles. The number of benzene rings is 1. The Labute approximate surface area is 137 Å². The third-order valence-corrected chi connectivity index (χ3v) is 3.69. The van der Waals surface area contributed by atoms with Crippen LogP contribution in [0.25, 0.3) is 0 Å². The first kappa shape index (κ1) is 15.9. The lowest BCUT2D eigenvalue weighted by Crippen LogP contribution is -2.01. The maximum atomic E-state index is 6.02.